The molecule has 2 heterocycles. The van der Waals surface area contributed by atoms with Gasteiger partial charge in [-0.15, -0.1) is 11.3 Å². The highest BCUT2D eigenvalue weighted by atomic mass is 35.5. The Morgan fingerprint density at radius 1 is 1.62 bits per heavy atom. The molecule has 3 heteroatoms. The molecule has 0 aliphatic carbocycles. The molecule has 1 aliphatic rings. The second-order valence-electron chi connectivity index (χ2n) is 4.40. The monoisotopic (exact) mass is 255 g/mol. The summed E-state index contributed by atoms with van der Waals surface area (Å²) in [6.07, 6.45) is 8.35. The highest BCUT2D eigenvalue weighted by Crippen LogP contribution is 2.23. The van der Waals surface area contributed by atoms with Gasteiger partial charge < -0.3 is 5.32 Å². The van der Waals surface area contributed by atoms with E-state index in [4.69, 9.17) is 11.6 Å². The summed E-state index contributed by atoms with van der Waals surface area (Å²) in [4.78, 5) is 0. The zero-order valence-corrected chi connectivity index (χ0v) is 11.2. The first-order valence-corrected chi connectivity index (χ1v) is 7.19. The van der Waals surface area contributed by atoms with Crippen LogP contribution in [0.4, 0.5) is 0 Å². The minimum Gasteiger partial charge on any atom is -0.310 e. The summed E-state index contributed by atoms with van der Waals surface area (Å²) in [5, 5.41) is 5.64. The highest BCUT2D eigenvalue weighted by molar-refractivity contribution is 7.14. The SMILES string of the molecule is CCC1CCNC(/C=C/c2csc(Cl)c2)C1. The van der Waals surface area contributed by atoms with Gasteiger partial charge in [-0.25, -0.2) is 0 Å². The number of piperidine rings is 1. The van der Waals surface area contributed by atoms with Crippen molar-refractivity contribution in [2.24, 2.45) is 5.92 Å². The highest BCUT2D eigenvalue weighted by Gasteiger charge is 2.17. The van der Waals surface area contributed by atoms with Crippen molar-refractivity contribution in [3.63, 3.8) is 0 Å². The van der Waals surface area contributed by atoms with Gasteiger partial charge in [0.25, 0.3) is 0 Å². The van der Waals surface area contributed by atoms with Gasteiger partial charge in [-0.05, 0) is 42.3 Å². The molecule has 0 spiro atoms. The fourth-order valence-corrected chi connectivity index (χ4v) is 3.05. The number of nitrogens with one attached hydrogen (secondary N) is 1. The third-order valence-corrected chi connectivity index (χ3v) is 4.34. The topological polar surface area (TPSA) is 12.0 Å². The molecule has 16 heavy (non-hydrogen) atoms. The van der Waals surface area contributed by atoms with Crippen LogP contribution in [0.3, 0.4) is 0 Å². The van der Waals surface area contributed by atoms with Crippen LogP contribution in [-0.2, 0) is 0 Å². The van der Waals surface area contributed by atoms with Crippen molar-refractivity contribution in [3.8, 4) is 0 Å². The molecule has 0 bridgehead atoms. The largest absolute Gasteiger partial charge is 0.310 e. The summed E-state index contributed by atoms with van der Waals surface area (Å²) < 4.78 is 0.864. The summed E-state index contributed by atoms with van der Waals surface area (Å²) >= 11 is 7.49. The molecule has 1 saturated heterocycles. The van der Waals surface area contributed by atoms with E-state index in [0.29, 0.717) is 6.04 Å². The Hall–Kier alpha value is -0.310. The first kappa shape index (κ1) is 12.2. The molecule has 0 aromatic carbocycles. The molecule has 1 aromatic rings. The van der Waals surface area contributed by atoms with Crippen molar-refractivity contribution in [3.05, 3.63) is 27.4 Å². The lowest BCUT2D eigenvalue weighted by molar-refractivity contribution is 0.326. The molecule has 88 valence electrons. The van der Waals surface area contributed by atoms with Gasteiger partial charge in [0.05, 0.1) is 4.34 Å². The van der Waals surface area contributed by atoms with Crippen LogP contribution in [-0.4, -0.2) is 12.6 Å². The van der Waals surface area contributed by atoms with Crippen molar-refractivity contribution in [1.29, 1.82) is 0 Å². The van der Waals surface area contributed by atoms with E-state index in [9.17, 15) is 0 Å². The van der Waals surface area contributed by atoms with Crippen LogP contribution in [0.15, 0.2) is 17.5 Å². The van der Waals surface area contributed by atoms with Crippen molar-refractivity contribution in [1.82, 2.24) is 5.32 Å². The van der Waals surface area contributed by atoms with E-state index >= 15 is 0 Å². The predicted molar refractivity (Wildman–Crippen MR) is 73.2 cm³/mol. The average Bonchev–Trinajstić information content (AvgIpc) is 2.73. The Labute approximate surface area is 107 Å². The van der Waals surface area contributed by atoms with Crippen LogP contribution in [0.2, 0.25) is 4.34 Å². The maximum Gasteiger partial charge on any atom is 0.0934 e. The van der Waals surface area contributed by atoms with E-state index in [1.165, 1.54) is 24.8 Å². The second kappa shape index (κ2) is 5.85. The van der Waals surface area contributed by atoms with E-state index in [-0.39, 0.29) is 0 Å². The van der Waals surface area contributed by atoms with Crippen LogP contribution >= 0.6 is 22.9 Å². The van der Waals surface area contributed by atoms with Gasteiger partial charge in [0.1, 0.15) is 0 Å². The number of thiophene rings is 1. The predicted octanol–water partition coefficient (Wildman–Crippen LogP) is 4.19. The molecule has 2 atom stereocenters. The summed E-state index contributed by atoms with van der Waals surface area (Å²) in [5.41, 5.74) is 1.22. The van der Waals surface area contributed by atoms with Crippen LogP contribution < -0.4 is 5.32 Å². The van der Waals surface area contributed by atoms with Gasteiger partial charge >= 0.3 is 0 Å². The Kier molecular flexibility index (Phi) is 4.45. The normalized spacial score (nSPS) is 26.4. The van der Waals surface area contributed by atoms with Gasteiger partial charge in [-0.2, -0.15) is 0 Å². The summed E-state index contributed by atoms with van der Waals surface area (Å²) in [6.45, 7) is 3.44. The molecule has 1 nitrogen and oxygen atoms in total. The van der Waals surface area contributed by atoms with Crippen molar-refractivity contribution in [2.45, 2.75) is 32.2 Å². The fraction of sp³-hybridized carbons (Fsp3) is 0.538. The molecular formula is C13H18ClNS. The average molecular weight is 256 g/mol. The van der Waals surface area contributed by atoms with E-state index in [2.05, 4.69) is 29.8 Å². The molecule has 0 radical (unpaired) electrons. The maximum absolute atomic E-state index is 5.90. The number of hydrogen-bond acceptors (Lipinski definition) is 2. The van der Waals surface area contributed by atoms with E-state index < -0.39 is 0 Å². The lowest BCUT2D eigenvalue weighted by Crippen LogP contribution is -2.36. The minimum atomic E-state index is 0.539. The first-order valence-electron chi connectivity index (χ1n) is 5.93. The van der Waals surface area contributed by atoms with Gasteiger partial charge in [0, 0.05) is 6.04 Å². The molecule has 1 N–H and O–H groups in total. The van der Waals surface area contributed by atoms with Gasteiger partial charge in [-0.1, -0.05) is 37.1 Å². The minimum absolute atomic E-state index is 0.539. The molecule has 0 saturated carbocycles. The molecule has 0 amide bonds. The maximum atomic E-state index is 5.90. The Morgan fingerprint density at radius 2 is 2.50 bits per heavy atom. The van der Waals surface area contributed by atoms with Gasteiger partial charge in [0.2, 0.25) is 0 Å². The lowest BCUT2D eigenvalue weighted by Gasteiger charge is -2.27. The molecule has 2 rings (SSSR count). The molecular weight excluding hydrogens is 238 g/mol. The molecule has 2 unspecified atom stereocenters. The molecule has 1 aliphatic heterocycles. The van der Waals surface area contributed by atoms with E-state index in [1.54, 1.807) is 11.3 Å². The zero-order valence-electron chi connectivity index (χ0n) is 9.58. The summed E-state index contributed by atoms with van der Waals surface area (Å²) in [7, 11) is 0. The van der Waals surface area contributed by atoms with Crippen LogP contribution in [0.1, 0.15) is 31.7 Å². The molecule has 1 aromatic heterocycles. The van der Waals surface area contributed by atoms with E-state index in [0.717, 1.165) is 16.8 Å². The van der Waals surface area contributed by atoms with Crippen LogP contribution in [0.25, 0.3) is 6.08 Å². The standard InChI is InChI=1S/C13H18ClNS/c1-2-10-5-6-15-12(7-10)4-3-11-8-13(14)16-9-11/h3-4,8-10,12,15H,2,5-7H2,1H3/b4-3+. The van der Waals surface area contributed by atoms with Crippen molar-refractivity contribution >= 4 is 29.0 Å². The lowest BCUT2D eigenvalue weighted by atomic mass is 9.90. The number of halogens is 1. The quantitative estimate of drug-likeness (QED) is 0.854. The second-order valence-corrected chi connectivity index (χ2v) is 5.95. The van der Waals surface area contributed by atoms with Gasteiger partial charge in [-0.3, -0.25) is 0 Å². The molecule has 1 fully saturated rings. The van der Waals surface area contributed by atoms with Gasteiger partial charge in [0.15, 0.2) is 0 Å². The third kappa shape index (κ3) is 3.34. The Bertz CT molecular complexity index is 359. The zero-order chi connectivity index (χ0) is 11.4. The summed E-state index contributed by atoms with van der Waals surface area (Å²) in [6, 6.07) is 2.56. The summed E-state index contributed by atoms with van der Waals surface area (Å²) in [5.74, 6) is 0.891. The van der Waals surface area contributed by atoms with E-state index in [1.807, 2.05) is 6.07 Å². The first-order chi connectivity index (χ1) is 7.78. The fourth-order valence-electron chi connectivity index (χ4n) is 2.19. The Morgan fingerprint density at radius 3 is 3.19 bits per heavy atom. The van der Waals surface area contributed by atoms with Crippen LogP contribution in [0, 0.1) is 5.92 Å². The van der Waals surface area contributed by atoms with Crippen molar-refractivity contribution < 1.29 is 0 Å². The third-order valence-electron chi connectivity index (χ3n) is 3.23. The Balaban J connectivity index is 1.91. The smallest absolute Gasteiger partial charge is 0.0934 e. The van der Waals surface area contributed by atoms with Crippen LogP contribution in [0.5, 0.6) is 0 Å². The number of hydrogen-bond donors (Lipinski definition) is 1. The van der Waals surface area contributed by atoms with Crippen molar-refractivity contribution in [2.75, 3.05) is 6.54 Å². The number of rotatable bonds is 3.